The van der Waals surface area contributed by atoms with E-state index in [1.54, 1.807) is 23.0 Å². The maximum atomic E-state index is 14.0. The van der Waals surface area contributed by atoms with Crippen molar-refractivity contribution >= 4 is 11.6 Å². The molecule has 10 heteroatoms. The van der Waals surface area contributed by atoms with Gasteiger partial charge in [-0.05, 0) is 44.4 Å². The molecule has 2 aliphatic rings. The van der Waals surface area contributed by atoms with E-state index in [2.05, 4.69) is 25.3 Å². The number of carbonyl (C=O) groups excluding carboxylic acids is 1. The van der Waals surface area contributed by atoms with Crippen molar-refractivity contribution in [1.82, 2.24) is 29.8 Å². The lowest BCUT2D eigenvalue weighted by Gasteiger charge is -2.35. The molecule has 0 radical (unpaired) electrons. The number of aliphatic hydroxyl groups excluding tert-OH is 1. The normalized spacial score (nSPS) is 26.0. The molecule has 1 unspecified atom stereocenters. The van der Waals surface area contributed by atoms with Gasteiger partial charge in [0.2, 0.25) is 5.88 Å². The largest absolute Gasteiger partial charge is 0.481 e. The average Bonchev–Trinajstić information content (AvgIpc) is 3.51. The van der Waals surface area contributed by atoms with Crippen molar-refractivity contribution in [3.05, 3.63) is 53.9 Å². The van der Waals surface area contributed by atoms with Gasteiger partial charge in [0.1, 0.15) is 11.4 Å². The number of likely N-dealkylation sites (tertiary alicyclic amines) is 1. The first kappa shape index (κ1) is 20.8. The zero-order valence-corrected chi connectivity index (χ0v) is 17.7. The summed E-state index contributed by atoms with van der Waals surface area (Å²) in [5, 5.41) is 17.7. The van der Waals surface area contributed by atoms with Crippen molar-refractivity contribution in [2.24, 2.45) is 0 Å². The highest BCUT2D eigenvalue weighted by Crippen LogP contribution is 2.41. The van der Waals surface area contributed by atoms with Gasteiger partial charge in [0.05, 0.1) is 25.6 Å². The minimum Gasteiger partial charge on any atom is -0.481 e. The molecular weight excluding hydrogens is 415 g/mol. The van der Waals surface area contributed by atoms with E-state index in [0.29, 0.717) is 35.5 Å². The SMILES string of the molecule is COc1ncc(F)cc1[C@H]1CCCN1C1C[C@@H](O)C[C@@H]1NC(=O)c1cnn2cccnc12. The van der Waals surface area contributed by atoms with E-state index in [0.717, 1.165) is 25.6 Å². The lowest BCUT2D eigenvalue weighted by Crippen LogP contribution is -2.48. The van der Waals surface area contributed by atoms with Gasteiger partial charge in [-0.15, -0.1) is 0 Å². The van der Waals surface area contributed by atoms with Crippen LogP contribution in [0.1, 0.15) is 47.6 Å². The van der Waals surface area contributed by atoms with Gasteiger partial charge >= 0.3 is 0 Å². The molecule has 5 rings (SSSR count). The second kappa shape index (κ2) is 8.44. The van der Waals surface area contributed by atoms with Crippen LogP contribution in [0, 0.1) is 5.82 Å². The summed E-state index contributed by atoms with van der Waals surface area (Å²) in [5.74, 6) is -0.284. The molecule has 4 atom stereocenters. The molecule has 168 valence electrons. The quantitative estimate of drug-likeness (QED) is 0.623. The number of aromatic nitrogens is 4. The number of hydrogen-bond acceptors (Lipinski definition) is 7. The van der Waals surface area contributed by atoms with E-state index in [1.165, 1.54) is 19.4 Å². The van der Waals surface area contributed by atoms with Crippen LogP contribution < -0.4 is 10.1 Å². The van der Waals surface area contributed by atoms with Crippen LogP contribution in [0.25, 0.3) is 5.65 Å². The number of methoxy groups -OCH3 is 1. The third-order valence-corrected chi connectivity index (χ3v) is 6.46. The highest BCUT2D eigenvalue weighted by atomic mass is 19.1. The third-order valence-electron chi connectivity index (χ3n) is 6.46. The third kappa shape index (κ3) is 3.69. The van der Waals surface area contributed by atoms with Crippen LogP contribution in [0.2, 0.25) is 0 Å². The van der Waals surface area contributed by atoms with Crippen molar-refractivity contribution in [3.8, 4) is 5.88 Å². The highest BCUT2D eigenvalue weighted by molar-refractivity contribution is 5.99. The number of nitrogens with one attached hydrogen (secondary N) is 1. The molecule has 9 nitrogen and oxygen atoms in total. The molecule has 1 aliphatic carbocycles. The van der Waals surface area contributed by atoms with Crippen LogP contribution >= 0.6 is 0 Å². The van der Waals surface area contributed by atoms with Crippen LogP contribution in [-0.2, 0) is 0 Å². The Labute approximate surface area is 184 Å². The average molecular weight is 440 g/mol. The summed E-state index contributed by atoms with van der Waals surface area (Å²) in [5.41, 5.74) is 1.57. The molecule has 2 N–H and O–H groups in total. The molecule has 1 saturated heterocycles. The Kier molecular flexibility index (Phi) is 5.48. The summed E-state index contributed by atoms with van der Waals surface area (Å²) in [6.07, 6.45) is 8.20. The molecule has 1 saturated carbocycles. The number of carbonyl (C=O) groups is 1. The van der Waals surface area contributed by atoms with Crippen LogP contribution in [0.4, 0.5) is 4.39 Å². The van der Waals surface area contributed by atoms with E-state index >= 15 is 0 Å². The summed E-state index contributed by atoms with van der Waals surface area (Å²) in [6.45, 7) is 0.784. The highest BCUT2D eigenvalue weighted by Gasteiger charge is 2.43. The van der Waals surface area contributed by atoms with Gasteiger partial charge in [-0.2, -0.15) is 5.10 Å². The summed E-state index contributed by atoms with van der Waals surface area (Å²) in [7, 11) is 1.52. The van der Waals surface area contributed by atoms with E-state index in [9.17, 15) is 14.3 Å². The van der Waals surface area contributed by atoms with Crippen molar-refractivity contribution in [2.45, 2.75) is 49.9 Å². The first-order valence-electron chi connectivity index (χ1n) is 10.8. The minimum absolute atomic E-state index is 0.0933. The number of hydrogen-bond donors (Lipinski definition) is 2. The topological polar surface area (TPSA) is 105 Å². The van der Waals surface area contributed by atoms with Crippen molar-refractivity contribution < 1.29 is 19.0 Å². The molecular formula is C22H25FN6O3. The van der Waals surface area contributed by atoms with Crippen LogP contribution in [0.3, 0.4) is 0 Å². The zero-order valence-electron chi connectivity index (χ0n) is 17.7. The maximum absolute atomic E-state index is 14.0. The van der Waals surface area contributed by atoms with Crippen molar-refractivity contribution in [3.63, 3.8) is 0 Å². The zero-order chi connectivity index (χ0) is 22.2. The Hall–Kier alpha value is -3.11. The lowest BCUT2D eigenvalue weighted by molar-refractivity contribution is 0.0894. The standard InChI is InChI=1S/C22H25FN6O3/c1-32-22-15(8-13(23)11-25-22)18-4-2-6-28(18)19-10-14(30)9-17(19)27-21(31)16-12-26-29-7-3-5-24-20(16)29/h3,5,7-8,11-12,14,17-19,30H,2,4,6,9-10H2,1H3,(H,27,31)/t14-,17-,18+,19?/m0/s1. The van der Waals surface area contributed by atoms with Crippen LogP contribution in [0.5, 0.6) is 5.88 Å². The molecule has 2 fully saturated rings. The molecule has 3 aromatic heterocycles. The van der Waals surface area contributed by atoms with Gasteiger partial charge in [-0.1, -0.05) is 0 Å². The van der Waals surface area contributed by atoms with E-state index in [4.69, 9.17) is 4.74 Å². The second-order valence-corrected chi connectivity index (χ2v) is 8.37. The van der Waals surface area contributed by atoms with Gasteiger partial charge < -0.3 is 15.2 Å². The predicted octanol–water partition coefficient (Wildman–Crippen LogP) is 1.73. The van der Waals surface area contributed by atoms with Crippen molar-refractivity contribution in [2.75, 3.05) is 13.7 Å². The summed E-state index contributed by atoms with van der Waals surface area (Å²) < 4.78 is 20.9. The molecule has 1 amide bonds. The molecule has 3 aromatic rings. The maximum Gasteiger partial charge on any atom is 0.257 e. The fraction of sp³-hybridized carbons (Fsp3) is 0.455. The molecule has 4 heterocycles. The van der Waals surface area contributed by atoms with Gasteiger partial charge in [-0.25, -0.2) is 18.9 Å². The van der Waals surface area contributed by atoms with Gasteiger partial charge in [0.25, 0.3) is 5.91 Å². The fourth-order valence-corrected chi connectivity index (χ4v) is 5.12. The van der Waals surface area contributed by atoms with Crippen LogP contribution in [0.15, 0.2) is 36.9 Å². The first-order chi connectivity index (χ1) is 15.5. The monoisotopic (exact) mass is 440 g/mol. The Morgan fingerprint density at radius 3 is 3.03 bits per heavy atom. The Morgan fingerprint density at radius 2 is 2.19 bits per heavy atom. The van der Waals surface area contributed by atoms with Crippen LogP contribution in [-0.4, -0.2) is 67.3 Å². The number of rotatable bonds is 5. The number of nitrogens with zero attached hydrogens (tertiary/aromatic N) is 5. The number of ether oxygens (including phenoxy) is 1. The number of amides is 1. The second-order valence-electron chi connectivity index (χ2n) is 8.37. The Bertz CT molecular complexity index is 1140. The predicted molar refractivity (Wildman–Crippen MR) is 113 cm³/mol. The first-order valence-corrected chi connectivity index (χ1v) is 10.8. The van der Waals surface area contributed by atoms with Gasteiger partial charge in [0.15, 0.2) is 5.65 Å². The smallest absolute Gasteiger partial charge is 0.257 e. The molecule has 0 spiro atoms. The van der Waals surface area contributed by atoms with E-state index in [-0.39, 0.29) is 24.0 Å². The molecule has 1 aliphatic heterocycles. The van der Waals surface area contributed by atoms with E-state index in [1.807, 2.05) is 0 Å². The summed E-state index contributed by atoms with van der Waals surface area (Å²) >= 11 is 0. The number of aliphatic hydroxyl groups is 1. The van der Waals surface area contributed by atoms with E-state index < -0.39 is 11.9 Å². The summed E-state index contributed by atoms with van der Waals surface area (Å²) in [6, 6.07) is 2.77. The molecule has 32 heavy (non-hydrogen) atoms. The van der Waals surface area contributed by atoms with Crippen molar-refractivity contribution in [1.29, 1.82) is 0 Å². The number of pyridine rings is 1. The molecule has 0 bridgehead atoms. The summed E-state index contributed by atoms with van der Waals surface area (Å²) in [4.78, 5) is 23.6. The minimum atomic E-state index is -0.527. The van der Waals surface area contributed by atoms with Gasteiger partial charge in [0, 0.05) is 36.1 Å². The molecule has 0 aromatic carbocycles. The lowest BCUT2D eigenvalue weighted by atomic mass is 10.0. The van der Waals surface area contributed by atoms with Gasteiger partial charge in [-0.3, -0.25) is 9.69 Å². The Morgan fingerprint density at radius 1 is 1.31 bits per heavy atom. The number of fused-ring (bicyclic) bond motifs is 1. The fourth-order valence-electron chi connectivity index (χ4n) is 5.12. The number of halogens is 1. The Balaban J connectivity index is 1.40.